The van der Waals surface area contributed by atoms with Gasteiger partial charge >= 0.3 is 6.18 Å². The molecule has 0 aliphatic carbocycles. The lowest BCUT2D eigenvalue weighted by Crippen LogP contribution is -2.20. The van der Waals surface area contributed by atoms with Crippen molar-refractivity contribution in [2.75, 3.05) is 7.05 Å². The first kappa shape index (κ1) is 12.4. The molecule has 4 N–H and O–H groups in total. The Kier molecular flexibility index (Phi) is 3.44. The molecule has 0 aromatic heterocycles. The second kappa shape index (κ2) is 4.44. The highest BCUT2D eigenvalue weighted by Crippen LogP contribution is 2.29. The molecule has 1 aromatic rings. The number of halogens is 3. The molecule has 88 valence electrons. The van der Waals surface area contributed by atoms with E-state index < -0.39 is 11.7 Å². The monoisotopic (exact) mass is 231 g/mol. The minimum atomic E-state index is -4.33. The summed E-state index contributed by atoms with van der Waals surface area (Å²) in [4.78, 5) is 0. The number of nitrogens with two attached hydrogens (primary N) is 2. The minimum Gasteiger partial charge on any atom is -0.397 e. The molecule has 1 aromatic carbocycles. The van der Waals surface area contributed by atoms with Crippen LogP contribution < -0.4 is 11.6 Å². The van der Waals surface area contributed by atoms with Crippen molar-refractivity contribution in [1.29, 1.82) is 0 Å². The first-order chi connectivity index (χ1) is 7.30. The lowest BCUT2D eigenvalue weighted by molar-refractivity contribution is -0.137. The third kappa shape index (κ3) is 3.16. The van der Waals surface area contributed by atoms with Crippen LogP contribution in [0.3, 0.4) is 0 Å². The van der Waals surface area contributed by atoms with Crippen LogP contribution in [0.4, 0.5) is 13.2 Å². The Morgan fingerprint density at radius 2 is 1.75 bits per heavy atom. The van der Waals surface area contributed by atoms with E-state index in [1.165, 1.54) is 23.3 Å². The van der Waals surface area contributed by atoms with Crippen molar-refractivity contribution in [3.8, 4) is 0 Å². The number of alkyl halides is 3. The lowest BCUT2D eigenvalue weighted by Gasteiger charge is -2.10. The molecule has 0 spiro atoms. The SMILES string of the molecule is CN(N)/C=C(\N)c1ccc(C(F)(F)F)cc1. The number of benzene rings is 1. The van der Waals surface area contributed by atoms with E-state index in [0.717, 1.165) is 12.1 Å². The predicted octanol–water partition coefficient (Wildman–Crippen LogP) is 1.77. The second-order valence-electron chi connectivity index (χ2n) is 3.33. The molecule has 0 saturated heterocycles. The zero-order chi connectivity index (χ0) is 12.3. The van der Waals surface area contributed by atoms with Gasteiger partial charge in [0, 0.05) is 13.2 Å². The zero-order valence-electron chi connectivity index (χ0n) is 8.62. The predicted molar refractivity (Wildman–Crippen MR) is 55.6 cm³/mol. The normalized spacial score (nSPS) is 12.7. The Morgan fingerprint density at radius 3 is 2.12 bits per heavy atom. The van der Waals surface area contributed by atoms with Crippen molar-refractivity contribution in [2.45, 2.75) is 6.18 Å². The van der Waals surface area contributed by atoms with Gasteiger partial charge < -0.3 is 10.7 Å². The van der Waals surface area contributed by atoms with E-state index in [9.17, 15) is 13.2 Å². The van der Waals surface area contributed by atoms with E-state index in [4.69, 9.17) is 11.6 Å². The first-order valence-electron chi connectivity index (χ1n) is 4.43. The Hall–Kier alpha value is -1.69. The minimum absolute atomic E-state index is 0.304. The van der Waals surface area contributed by atoms with Gasteiger partial charge in [-0.15, -0.1) is 0 Å². The largest absolute Gasteiger partial charge is 0.416 e. The summed E-state index contributed by atoms with van der Waals surface area (Å²) in [5.74, 6) is 5.33. The maximum atomic E-state index is 12.3. The highest BCUT2D eigenvalue weighted by Gasteiger charge is 2.29. The average Bonchev–Trinajstić information content (AvgIpc) is 2.15. The highest BCUT2D eigenvalue weighted by atomic mass is 19.4. The number of rotatable bonds is 2. The van der Waals surface area contributed by atoms with Gasteiger partial charge in [-0.25, -0.2) is 5.84 Å². The topological polar surface area (TPSA) is 55.3 Å². The van der Waals surface area contributed by atoms with E-state index in [1.54, 1.807) is 7.05 Å². The average molecular weight is 231 g/mol. The summed E-state index contributed by atoms with van der Waals surface area (Å²) in [6, 6.07) is 4.56. The van der Waals surface area contributed by atoms with Crippen LogP contribution in [0.1, 0.15) is 11.1 Å². The zero-order valence-corrected chi connectivity index (χ0v) is 8.62. The summed E-state index contributed by atoms with van der Waals surface area (Å²) in [6.45, 7) is 0. The van der Waals surface area contributed by atoms with Crippen molar-refractivity contribution < 1.29 is 13.2 Å². The van der Waals surface area contributed by atoms with Gasteiger partial charge in [0.15, 0.2) is 0 Å². The Balaban J connectivity index is 2.96. The van der Waals surface area contributed by atoms with Crippen molar-refractivity contribution in [2.24, 2.45) is 11.6 Å². The first-order valence-corrected chi connectivity index (χ1v) is 4.43. The van der Waals surface area contributed by atoms with Crippen molar-refractivity contribution in [1.82, 2.24) is 5.01 Å². The summed E-state index contributed by atoms with van der Waals surface area (Å²) in [7, 11) is 1.57. The maximum Gasteiger partial charge on any atom is 0.416 e. The molecule has 0 fully saturated rings. The third-order valence-corrected chi connectivity index (χ3v) is 1.89. The van der Waals surface area contributed by atoms with Crippen LogP contribution in [-0.2, 0) is 6.18 Å². The molecule has 0 amide bonds. The number of hydrazine groups is 1. The molecule has 0 heterocycles. The molecule has 0 atom stereocenters. The Morgan fingerprint density at radius 1 is 1.25 bits per heavy atom. The molecular formula is C10H12F3N3. The maximum absolute atomic E-state index is 12.3. The quantitative estimate of drug-likeness (QED) is 0.602. The van der Waals surface area contributed by atoms with E-state index in [0.29, 0.717) is 11.3 Å². The van der Waals surface area contributed by atoms with Crippen LogP contribution in [-0.4, -0.2) is 12.1 Å². The molecule has 0 radical (unpaired) electrons. The molecule has 3 nitrogen and oxygen atoms in total. The van der Waals surface area contributed by atoms with Crippen molar-refractivity contribution >= 4 is 5.70 Å². The van der Waals surface area contributed by atoms with Gasteiger partial charge in [0.2, 0.25) is 0 Å². The van der Waals surface area contributed by atoms with Gasteiger partial charge in [0.05, 0.1) is 11.3 Å². The molecule has 0 saturated carbocycles. The summed E-state index contributed by atoms with van der Waals surface area (Å²) >= 11 is 0. The van der Waals surface area contributed by atoms with E-state index in [1.807, 2.05) is 0 Å². The molecule has 0 aliphatic rings. The summed E-state index contributed by atoms with van der Waals surface area (Å²) in [5, 5.41) is 1.23. The molecule has 1 rings (SSSR count). The summed E-state index contributed by atoms with van der Waals surface area (Å²) in [6.07, 6.45) is -2.91. The van der Waals surface area contributed by atoms with E-state index in [-0.39, 0.29) is 0 Å². The fourth-order valence-corrected chi connectivity index (χ4v) is 1.15. The van der Waals surface area contributed by atoms with Crippen LogP contribution in [0.25, 0.3) is 5.70 Å². The Bertz CT molecular complexity index is 379. The second-order valence-corrected chi connectivity index (χ2v) is 3.33. The standard InChI is InChI=1S/C10H12F3N3/c1-16(15)6-9(14)7-2-4-8(5-3-7)10(11,12)13/h2-6H,14-15H2,1H3/b9-6-. The molecule has 0 aliphatic heterocycles. The Labute approximate surface area is 91.1 Å². The van der Waals surface area contributed by atoms with Crippen LogP contribution in [0.15, 0.2) is 30.5 Å². The number of hydrogen-bond donors (Lipinski definition) is 2. The van der Waals surface area contributed by atoms with Crippen LogP contribution in [0.5, 0.6) is 0 Å². The lowest BCUT2D eigenvalue weighted by atomic mass is 10.1. The van der Waals surface area contributed by atoms with E-state index in [2.05, 4.69) is 0 Å². The van der Waals surface area contributed by atoms with Gasteiger partial charge in [-0.05, 0) is 17.7 Å². The molecule has 0 unspecified atom stereocenters. The smallest absolute Gasteiger partial charge is 0.397 e. The highest BCUT2D eigenvalue weighted by molar-refractivity contribution is 5.62. The summed E-state index contributed by atoms with van der Waals surface area (Å²) in [5.41, 5.74) is 5.71. The van der Waals surface area contributed by atoms with E-state index >= 15 is 0 Å². The fourth-order valence-electron chi connectivity index (χ4n) is 1.15. The van der Waals surface area contributed by atoms with Crippen molar-refractivity contribution in [3.05, 3.63) is 41.6 Å². The van der Waals surface area contributed by atoms with Gasteiger partial charge in [-0.2, -0.15) is 13.2 Å². The molecule has 0 bridgehead atoms. The van der Waals surface area contributed by atoms with Crippen molar-refractivity contribution in [3.63, 3.8) is 0 Å². The third-order valence-electron chi connectivity index (χ3n) is 1.89. The molecule has 16 heavy (non-hydrogen) atoms. The molecular weight excluding hydrogens is 219 g/mol. The fraction of sp³-hybridized carbons (Fsp3) is 0.200. The number of hydrogen-bond acceptors (Lipinski definition) is 3. The number of nitrogens with zero attached hydrogens (tertiary/aromatic N) is 1. The van der Waals surface area contributed by atoms with Crippen LogP contribution in [0.2, 0.25) is 0 Å². The van der Waals surface area contributed by atoms with Crippen LogP contribution in [0, 0.1) is 0 Å². The van der Waals surface area contributed by atoms with Gasteiger partial charge in [-0.1, -0.05) is 12.1 Å². The summed E-state index contributed by atoms with van der Waals surface area (Å²) < 4.78 is 36.8. The van der Waals surface area contributed by atoms with Crippen LogP contribution >= 0.6 is 0 Å². The molecule has 6 heteroatoms. The van der Waals surface area contributed by atoms with Gasteiger partial charge in [0.1, 0.15) is 0 Å². The van der Waals surface area contributed by atoms with Gasteiger partial charge in [-0.3, -0.25) is 0 Å². The van der Waals surface area contributed by atoms with Gasteiger partial charge in [0.25, 0.3) is 0 Å².